The first-order chi connectivity index (χ1) is 8.63. The molecule has 1 N–H and O–H groups in total. The van der Waals surface area contributed by atoms with Crippen LogP contribution < -0.4 is 0 Å². The number of halogens is 2. The van der Waals surface area contributed by atoms with E-state index in [0.29, 0.717) is 5.56 Å². The van der Waals surface area contributed by atoms with Gasteiger partial charge in [0, 0.05) is 23.9 Å². The molecule has 0 amide bonds. The maximum Gasteiger partial charge on any atom is 0.200 e. The normalized spacial score (nSPS) is 10.8. The summed E-state index contributed by atoms with van der Waals surface area (Å²) in [5.41, 5.74) is 0.607. The lowest BCUT2D eigenvalue weighted by molar-refractivity contribution is 0.408. The van der Waals surface area contributed by atoms with Gasteiger partial charge in [-0.05, 0) is 18.6 Å². The molecule has 0 saturated heterocycles. The smallest absolute Gasteiger partial charge is 0.200 e. The third-order valence-corrected chi connectivity index (χ3v) is 2.75. The summed E-state index contributed by atoms with van der Waals surface area (Å²) in [5, 5.41) is 13.1. The first kappa shape index (κ1) is 12.5. The van der Waals surface area contributed by atoms with Crippen molar-refractivity contribution in [1.82, 2.24) is 9.78 Å². The van der Waals surface area contributed by atoms with Crippen molar-refractivity contribution >= 4 is 0 Å². The number of phenols is 1. The Morgan fingerprint density at radius 3 is 2.78 bits per heavy atom. The molecule has 0 bridgehead atoms. The van der Waals surface area contributed by atoms with Crippen molar-refractivity contribution in [3.63, 3.8) is 0 Å². The molecule has 0 atom stereocenters. The summed E-state index contributed by atoms with van der Waals surface area (Å²) in [5.74, 6) is -2.96. The van der Waals surface area contributed by atoms with Crippen molar-refractivity contribution in [1.29, 1.82) is 0 Å². The van der Waals surface area contributed by atoms with Crippen LogP contribution in [0.1, 0.15) is 19.8 Å². The first-order valence-electron chi connectivity index (χ1n) is 5.83. The molecule has 5 heteroatoms. The van der Waals surface area contributed by atoms with Gasteiger partial charge in [0.1, 0.15) is 0 Å². The number of phenolic OH excluding ortho intramolecular Hbond substituents is 1. The average Bonchev–Trinajstić information content (AvgIpc) is 2.82. The molecule has 3 nitrogen and oxygen atoms in total. The Hall–Kier alpha value is -1.91. The lowest BCUT2D eigenvalue weighted by Gasteiger charge is -2.02. The summed E-state index contributed by atoms with van der Waals surface area (Å²) in [4.78, 5) is 0. The van der Waals surface area contributed by atoms with Crippen molar-refractivity contribution in [2.24, 2.45) is 0 Å². The van der Waals surface area contributed by atoms with Gasteiger partial charge < -0.3 is 5.11 Å². The zero-order valence-corrected chi connectivity index (χ0v) is 10.0. The summed E-state index contributed by atoms with van der Waals surface area (Å²) in [6, 6.07) is 2.48. The summed E-state index contributed by atoms with van der Waals surface area (Å²) in [6.45, 7) is 2.82. The minimum absolute atomic E-state index is 0.105. The molecular weight excluding hydrogens is 238 g/mol. The highest BCUT2D eigenvalue weighted by Gasteiger charge is 2.15. The molecule has 2 aromatic rings. The topological polar surface area (TPSA) is 38.0 Å². The lowest BCUT2D eigenvalue weighted by Crippen LogP contribution is -1.97. The molecule has 1 heterocycles. The van der Waals surface area contributed by atoms with Crippen LogP contribution >= 0.6 is 0 Å². The minimum atomic E-state index is -1.23. The van der Waals surface area contributed by atoms with Gasteiger partial charge in [0.05, 0.1) is 6.20 Å². The molecule has 0 saturated carbocycles. The third-order valence-electron chi connectivity index (χ3n) is 2.75. The van der Waals surface area contributed by atoms with E-state index >= 15 is 0 Å². The van der Waals surface area contributed by atoms with E-state index in [1.807, 2.05) is 0 Å². The molecule has 1 aromatic heterocycles. The van der Waals surface area contributed by atoms with Crippen LogP contribution in [0.3, 0.4) is 0 Å². The molecule has 0 aliphatic heterocycles. The van der Waals surface area contributed by atoms with Gasteiger partial charge in [-0.25, -0.2) is 4.39 Å². The van der Waals surface area contributed by atoms with Crippen molar-refractivity contribution in [2.75, 3.05) is 0 Å². The number of hydrogen-bond donors (Lipinski definition) is 1. The number of aryl methyl sites for hydroxylation is 1. The van der Waals surface area contributed by atoms with Crippen molar-refractivity contribution in [3.8, 4) is 16.9 Å². The Bertz CT molecular complexity index is 552. The highest BCUT2D eigenvalue weighted by atomic mass is 19.2. The number of nitrogens with zero attached hydrogens (tertiary/aromatic N) is 2. The van der Waals surface area contributed by atoms with E-state index in [4.69, 9.17) is 5.11 Å². The average molecular weight is 252 g/mol. The summed E-state index contributed by atoms with van der Waals surface area (Å²) in [6.07, 6.45) is 5.18. The van der Waals surface area contributed by atoms with Crippen LogP contribution in [-0.2, 0) is 6.54 Å². The van der Waals surface area contributed by atoms with Gasteiger partial charge in [0.25, 0.3) is 0 Å². The number of hydrogen-bond acceptors (Lipinski definition) is 2. The van der Waals surface area contributed by atoms with Crippen LogP contribution in [0, 0.1) is 11.6 Å². The van der Waals surface area contributed by atoms with Crippen LogP contribution in [0.25, 0.3) is 11.1 Å². The Balaban J connectivity index is 2.31. The number of benzene rings is 1. The fourth-order valence-electron chi connectivity index (χ4n) is 1.71. The quantitative estimate of drug-likeness (QED) is 0.906. The molecule has 1 aromatic carbocycles. The predicted molar refractivity (Wildman–Crippen MR) is 64.2 cm³/mol. The molecule has 0 fully saturated rings. The van der Waals surface area contributed by atoms with Crippen molar-refractivity contribution in [3.05, 3.63) is 36.2 Å². The van der Waals surface area contributed by atoms with Gasteiger partial charge in [-0.3, -0.25) is 4.68 Å². The SMILES string of the molecule is CCCCn1cc(-c2ccc(O)c(F)c2F)cn1. The number of rotatable bonds is 4. The largest absolute Gasteiger partial charge is 0.505 e. The highest BCUT2D eigenvalue weighted by Crippen LogP contribution is 2.28. The van der Waals surface area contributed by atoms with Gasteiger partial charge in [0.15, 0.2) is 11.6 Å². The van der Waals surface area contributed by atoms with Gasteiger partial charge in [-0.2, -0.15) is 9.49 Å². The number of aromatic hydroxyl groups is 1. The number of aromatic nitrogens is 2. The van der Waals surface area contributed by atoms with E-state index < -0.39 is 17.4 Å². The monoisotopic (exact) mass is 252 g/mol. The molecule has 0 unspecified atom stereocenters. The van der Waals surface area contributed by atoms with Crippen LogP contribution in [0.2, 0.25) is 0 Å². The standard InChI is InChI=1S/C13H14F2N2O/c1-2-3-6-17-8-9(7-16-17)10-4-5-11(18)13(15)12(10)14/h4-5,7-8,18H,2-3,6H2,1H3. The Labute approximate surface area is 104 Å². The van der Waals surface area contributed by atoms with Gasteiger partial charge in [0.2, 0.25) is 5.82 Å². The van der Waals surface area contributed by atoms with E-state index in [2.05, 4.69) is 12.0 Å². The Morgan fingerprint density at radius 1 is 1.28 bits per heavy atom. The van der Waals surface area contributed by atoms with Crippen LogP contribution in [0.15, 0.2) is 24.5 Å². The minimum Gasteiger partial charge on any atom is -0.505 e. The third kappa shape index (κ3) is 2.34. The van der Waals surface area contributed by atoms with Crippen LogP contribution in [-0.4, -0.2) is 14.9 Å². The molecule has 96 valence electrons. The fourth-order valence-corrected chi connectivity index (χ4v) is 1.71. The zero-order chi connectivity index (χ0) is 13.1. The maximum absolute atomic E-state index is 13.6. The van der Waals surface area contributed by atoms with Crippen molar-refractivity contribution < 1.29 is 13.9 Å². The van der Waals surface area contributed by atoms with E-state index in [-0.39, 0.29) is 5.56 Å². The van der Waals surface area contributed by atoms with Gasteiger partial charge >= 0.3 is 0 Å². The molecule has 0 aliphatic carbocycles. The summed E-state index contributed by atoms with van der Waals surface area (Å²) < 4.78 is 28.6. The van der Waals surface area contributed by atoms with Crippen LogP contribution in [0.5, 0.6) is 5.75 Å². The zero-order valence-electron chi connectivity index (χ0n) is 10.0. The molecular formula is C13H14F2N2O. The molecule has 2 rings (SSSR count). The second-order valence-corrected chi connectivity index (χ2v) is 4.11. The number of unbranched alkanes of at least 4 members (excludes halogenated alkanes) is 1. The predicted octanol–water partition coefficient (Wildman–Crippen LogP) is 3.33. The second-order valence-electron chi connectivity index (χ2n) is 4.11. The first-order valence-corrected chi connectivity index (χ1v) is 5.83. The van der Waals surface area contributed by atoms with E-state index in [1.165, 1.54) is 12.3 Å². The summed E-state index contributed by atoms with van der Waals surface area (Å²) in [7, 11) is 0. The Kier molecular flexibility index (Phi) is 3.60. The maximum atomic E-state index is 13.6. The molecule has 0 radical (unpaired) electrons. The van der Waals surface area contributed by atoms with Crippen LogP contribution in [0.4, 0.5) is 8.78 Å². The summed E-state index contributed by atoms with van der Waals surface area (Å²) >= 11 is 0. The highest BCUT2D eigenvalue weighted by molar-refractivity contribution is 5.63. The van der Waals surface area contributed by atoms with Crippen molar-refractivity contribution in [2.45, 2.75) is 26.3 Å². The van der Waals surface area contributed by atoms with Gasteiger partial charge in [-0.1, -0.05) is 13.3 Å². The van der Waals surface area contributed by atoms with E-state index in [1.54, 1.807) is 10.9 Å². The second kappa shape index (κ2) is 5.16. The molecule has 0 spiro atoms. The lowest BCUT2D eigenvalue weighted by atomic mass is 10.1. The van der Waals surface area contributed by atoms with E-state index in [9.17, 15) is 8.78 Å². The Morgan fingerprint density at radius 2 is 2.06 bits per heavy atom. The molecule has 0 aliphatic rings. The van der Waals surface area contributed by atoms with E-state index in [0.717, 1.165) is 25.5 Å². The van der Waals surface area contributed by atoms with Gasteiger partial charge in [-0.15, -0.1) is 0 Å². The molecule has 18 heavy (non-hydrogen) atoms. The fraction of sp³-hybridized carbons (Fsp3) is 0.308.